The van der Waals surface area contributed by atoms with Gasteiger partial charge in [-0.2, -0.15) is 0 Å². The van der Waals surface area contributed by atoms with Gasteiger partial charge < -0.3 is 5.11 Å². The first kappa shape index (κ1) is 10.4. The van der Waals surface area contributed by atoms with E-state index < -0.39 is 5.97 Å². The highest BCUT2D eigenvalue weighted by atomic mass is 19.1. The third-order valence-electron chi connectivity index (χ3n) is 2.74. The number of piperidine rings is 1. The van der Waals surface area contributed by atoms with Crippen LogP contribution in [0.5, 0.6) is 0 Å². The molecule has 4 heteroatoms. The third-order valence-corrected chi connectivity index (χ3v) is 2.74. The Balaban J connectivity index is 2.34. The smallest absolute Gasteiger partial charge is 0.317 e. The number of hydrogen-bond donors (Lipinski definition) is 1. The number of carboxylic acid groups (broad SMARTS) is 1. The van der Waals surface area contributed by atoms with E-state index >= 15 is 0 Å². The molecule has 0 atom stereocenters. The Morgan fingerprint density at radius 1 is 1.54 bits per heavy atom. The molecule has 3 nitrogen and oxygen atoms in total. The number of alkyl halides is 1. The number of hydrogen-bond acceptors (Lipinski definition) is 2. The molecular weight excluding hydrogens is 173 g/mol. The maximum atomic E-state index is 12.5. The van der Waals surface area contributed by atoms with Gasteiger partial charge in [0.2, 0.25) is 0 Å². The molecule has 0 radical (unpaired) electrons. The molecule has 76 valence electrons. The summed E-state index contributed by atoms with van der Waals surface area (Å²) in [7, 11) is 0. The summed E-state index contributed by atoms with van der Waals surface area (Å²) in [6.45, 7) is 3.11. The summed E-state index contributed by atoms with van der Waals surface area (Å²) in [6.07, 6.45) is 1.52. The molecule has 1 heterocycles. The molecule has 0 amide bonds. The predicted molar refractivity (Wildman–Crippen MR) is 47.4 cm³/mol. The van der Waals surface area contributed by atoms with Gasteiger partial charge in [0, 0.05) is 0 Å². The summed E-state index contributed by atoms with van der Waals surface area (Å²) in [4.78, 5) is 12.2. The van der Waals surface area contributed by atoms with Crippen LogP contribution in [0.4, 0.5) is 4.39 Å². The standard InChI is InChI=1S/C9H16FNO2/c1-9(7-10)2-4-11(5-3-9)6-8(12)13/h2-7H2,1H3,(H,12,13). The Labute approximate surface area is 77.5 Å². The fourth-order valence-electron chi connectivity index (χ4n) is 1.58. The number of carbonyl (C=O) groups is 1. The lowest BCUT2D eigenvalue weighted by Gasteiger charge is -2.36. The highest BCUT2D eigenvalue weighted by molar-refractivity contribution is 5.69. The quantitative estimate of drug-likeness (QED) is 0.723. The molecule has 0 aromatic carbocycles. The zero-order valence-electron chi connectivity index (χ0n) is 7.92. The van der Waals surface area contributed by atoms with Crippen LogP contribution in [0.2, 0.25) is 0 Å². The topological polar surface area (TPSA) is 40.5 Å². The van der Waals surface area contributed by atoms with E-state index in [0.29, 0.717) is 13.1 Å². The van der Waals surface area contributed by atoms with Gasteiger partial charge in [0.05, 0.1) is 13.2 Å². The molecule has 0 aromatic heterocycles. The summed E-state index contributed by atoms with van der Waals surface area (Å²) in [5, 5.41) is 8.54. The van der Waals surface area contributed by atoms with Gasteiger partial charge in [0.25, 0.3) is 0 Å². The summed E-state index contributed by atoms with van der Waals surface area (Å²) >= 11 is 0. The van der Waals surface area contributed by atoms with E-state index in [-0.39, 0.29) is 18.6 Å². The lowest BCUT2D eigenvalue weighted by Crippen LogP contribution is -2.41. The number of carboxylic acids is 1. The highest BCUT2D eigenvalue weighted by Gasteiger charge is 2.30. The Bertz CT molecular complexity index is 188. The zero-order valence-corrected chi connectivity index (χ0v) is 7.92. The molecule has 13 heavy (non-hydrogen) atoms. The molecule has 1 N–H and O–H groups in total. The molecule has 0 unspecified atom stereocenters. The van der Waals surface area contributed by atoms with E-state index in [0.717, 1.165) is 12.8 Å². The summed E-state index contributed by atoms with van der Waals surface area (Å²) in [6, 6.07) is 0. The summed E-state index contributed by atoms with van der Waals surface area (Å²) in [5.41, 5.74) is -0.213. The van der Waals surface area contributed by atoms with E-state index in [2.05, 4.69) is 0 Å². The van der Waals surface area contributed by atoms with E-state index in [9.17, 15) is 9.18 Å². The fraction of sp³-hybridized carbons (Fsp3) is 0.889. The largest absolute Gasteiger partial charge is 0.480 e. The summed E-state index contributed by atoms with van der Waals surface area (Å²) < 4.78 is 12.5. The van der Waals surface area contributed by atoms with Gasteiger partial charge in [-0.15, -0.1) is 0 Å². The molecule has 1 rings (SSSR count). The van der Waals surface area contributed by atoms with Crippen LogP contribution in [-0.4, -0.2) is 42.3 Å². The van der Waals surface area contributed by atoms with Crippen molar-refractivity contribution in [3.63, 3.8) is 0 Å². The Hall–Kier alpha value is -0.640. The van der Waals surface area contributed by atoms with Gasteiger partial charge in [0.15, 0.2) is 0 Å². The Kier molecular flexibility index (Phi) is 3.25. The van der Waals surface area contributed by atoms with Crippen molar-refractivity contribution in [1.29, 1.82) is 0 Å². The molecule has 0 bridgehead atoms. The van der Waals surface area contributed by atoms with E-state index in [1.54, 1.807) is 0 Å². The molecule has 0 aromatic rings. The molecule has 1 aliphatic rings. The predicted octanol–water partition coefficient (Wildman–Crippen LogP) is 1.14. The van der Waals surface area contributed by atoms with E-state index in [1.807, 2.05) is 11.8 Å². The van der Waals surface area contributed by atoms with Crippen LogP contribution in [0.15, 0.2) is 0 Å². The van der Waals surface area contributed by atoms with Crippen LogP contribution >= 0.6 is 0 Å². The normalized spacial score (nSPS) is 22.9. The van der Waals surface area contributed by atoms with Crippen molar-refractivity contribution in [2.24, 2.45) is 5.41 Å². The molecular formula is C9H16FNO2. The fourth-order valence-corrected chi connectivity index (χ4v) is 1.58. The SMILES string of the molecule is CC1(CF)CCN(CC(=O)O)CC1. The first-order valence-corrected chi connectivity index (χ1v) is 4.56. The minimum absolute atomic E-state index is 0.0857. The summed E-state index contributed by atoms with van der Waals surface area (Å²) in [5.74, 6) is -0.802. The number of aliphatic carboxylic acids is 1. The molecule has 0 spiro atoms. The van der Waals surface area contributed by atoms with Crippen LogP contribution < -0.4 is 0 Å². The molecule has 0 saturated carbocycles. The maximum Gasteiger partial charge on any atom is 0.317 e. The zero-order chi connectivity index (χ0) is 9.90. The number of halogens is 1. The van der Waals surface area contributed by atoms with Crippen LogP contribution in [0.3, 0.4) is 0 Å². The van der Waals surface area contributed by atoms with Crippen LogP contribution in [-0.2, 0) is 4.79 Å². The first-order valence-electron chi connectivity index (χ1n) is 4.56. The van der Waals surface area contributed by atoms with Crippen molar-refractivity contribution in [3.05, 3.63) is 0 Å². The minimum Gasteiger partial charge on any atom is -0.480 e. The second kappa shape index (κ2) is 4.05. The third kappa shape index (κ3) is 2.95. The van der Waals surface area contributed by atoms with Crippen molar-refractivity contribution >= 4 is 5.97 Å². The molecule has 1 saturated heterocycles. The van der Waals surface area contributed by atoms with Gasteiger partial charge in [-0.25, -0.2) is 0 Å². The van der Waals surface area contributed by atoms with Gasteiger partial charge in [0.1, 0.15) is 0 Å². The monoisotopic (exact) mass is 189 g/mol. The van der Waals surface area contributed by atoms with Crippen molar-refractivity contribution in [2.75, 3.05) is 26.3 Å². The average Bonchev–Trinajstić information content (AvgIpc) is 2.09. The lowest BCUT2D eigenvalue weighted by molar-refractivity contribution is -0.138. The Morgan fingerprint density at radius 2 is 2.08 bits per heavy atom. The average molecular weight is 189 g/mol. The van der Waals surface area contributed by atoms with Crippen molar-refractivity contribution < 1.29 is 14.3 Å². The minimum atomic E-state index is -0.802. The highest BCUT2D eigenvalue weighted by Crippen LogP contribution is 2.30. The van der Waals surface area contributed by atoms with Crippen LogP contribution in [0, 0.1) is 5.41 Å². The van der Waals surface area contributed by atoms with E-state index in [4.69, 9.17) is 5.11 Å². The van der Waals surface area contributed by atoms with Gasteiger partial charge in [-0.05, 0) is 31.3 Å². The number of likely N-dealkylation sites (tertiary alicyclic amines) is 1. The van der Waals surface area contributed by atoms with Gasteiger partial charge in [-0.1, -0.05) is 6.92 Å². The van der Waals surface area contributed by atoms with Crippen LogP contribution in [0.1, 0.15) is 19.8 Å². The van der Waals surface area contributed by atoms with E-state index in [1.165, 1.54) is 0 Å². The molecule has 0 aliphatic carbocycles. The lowest BCUT2D eigenvalue weighted by atomic mass is 9.82. The number of rotatable bonds is 3. The number of nitrogens with zero attached hydrogens (tertiary/aromatic N) is 1. The van der Waals surface area contributed by atoms with Crippen molar-refractivity contribution in [1.82, 2.24) is 4.90 Å². The second-order valence-electron chi connectivity index (χ2n) is 4.11. The van der Waals surface area contributed by atoms with Crippen molar-refractivity contribution in [2.45, 2.75) is 19.8 Å². The first-order chi connectivity index (χ1) is 6.06. The van der Waals surface area contributed by atoms with Crippen molar-refractivity contribution in [3.8, 4) is 0 Å². The molecule has 1 aliphatic heterocycles. The van der Waals surface area contributed by atoms with Crippen LogP contribution in [0.25, 0.3) is 0 Å². The van der Waals surface area contributed by atoms with Gasteiger partial charge in [-0.3, -0.25) is 14.1 Å². The van der Waals surface area contributed by atoms with Gasteiger partial charge >= 0.3 is 5.97 Å². The molecule has 1 fully saturated rings. The Morgan fingerprint density at radius 3 is 2.46 bits per heavy atom. The second-order valence-corrected chi connectivity index (χ2v) is 4.11. The maximum absolute atomic E-state index is 12.5.